The van der Waals surface area contributed by atoms with Crippen molar-refractivity contribution in [2.45, 2.75) is 37.1 Å². The van der Waals surface area contributed by atoms with E-state index in [1.54, 1.807) is 32.2 Å². The van der Waals surface area contributed by atoms with Crippen LogP contribution in [0.15, 0.2) is 30.3 Å². The average molecular weight is 580 g/mol. The largest absolute Gasteiger partial charge is 0.507 e. The van der Waals surface area contributed by atoms with E-state index in [0.29, 0.717) is 23.4 Å². The highest BCUT2D eigenvalue weighted by Crippen LogP contribution is 2.52. The molecular formula is C31H37N3O8. The van der Waals surface area contributed by atoms with Crippen LogP contribution in [0.25, 0.3) is 11.1 Å². The van der Waals surface area contributed by atoms with Gasteiger partial charge in [0.1, 0.15) is 17.4 Å². The summed E-state index contributed by atoms with van der Waals surface area (Å²) < 4.78 is 5.53. The fourth-order valence-electron chi connectivity index (χ4n) is 7.50. The summed E-state index contributed by atoms with van der Waals surface area (Å²) in [5, 5.41) is 33.7. The van der Waals surface area contributed by atoms with Crippen LogP contribution < -0.4 is 10.5 Å². The smallest absolute Gasteiger partial charge is 0.230 e. The van der Waals surface area contributed by atoms with E-state index in [1.807, 2.05) is 37.2 Å². The Balaban J connectivity index is 1.63. The third-order valence-electron chi connectivity index (χ3n) is 9.25. The summed E-state index contributed by atoms with van der Waals surface area (Å²) in [5.41, 5.74) is 5.73. The maximum Gasteiger partial charge on any atom is 0.230 e. The minimum atomic E-state index is -2.69. The van der Waals surface area contributed by atoms with Crippen molar-refractivity contribution in [2.24, 2.45) is 29.4 Å². The average Bonchev–Trinajstić information content (AvgIpc) is 2.90. The van der Waals surface area contributed by atoms with Gasteiger partial charge in [0.15, 0.2) is 23.0 Å². The molecule has 42 heavy (non-hydrogen) atoms. The molecule has 3 unspecified atom stereocenters. The highest BCUT2D eigenvalue weighted by molar-refractivity contribution is 6.25. The Labute approximate surface area is 243 Å². The molecule has 0 spiro atoms. The minimum absolute atomic E-state index is 0.0203. The maximum atomic E-state index is 14.0. The molecule has 2 fully saturated rings. The Morgan fingerprint density at radius 1 is 1.10 bits per heavy atom. The van der Waals surface area contributed by atoms with Gasteiger partial charge in [-0.3, -0.25) is 19.2 Å². The van der Waals surface area contributed by atoms with E-state index in [1.165, 1.54) is 6.07 Å². The number of carbonyl (C=O) groups excluding carboxylic acids is 4. The lowest BCUT2D eigenvalue weighted by Crippen LogP contribution is -2.75. The summed E-state index contributed by atoms with van der Waals surface area (Å²) in [5.74, 6) is -8.54. The molecule has 0 bridgehead atoms. The Hall–Kier alpha value is -3.64. The van der Waals surface area contributed by atoms with Crippen LogP contribution in [0.3, 0.4) is 0 Å². The summed E-state index contributed by atoms with van der Waals surface area (Å²) in [7, 11) is 8.70. The van der Waals surface area contributed by atoms with Crippen molar-refractivity contribution in [2.75, 3.05) is 35.3 Å². The molecule has 2 saturated carbocycles. The first-order valence-corrected chi connectivity index (χ1v) is 13.9. The molecule has 11 heteroatoms. The molecule has 0 heterocycles. The number of amides is 1. The van der Waals surface area contributed by atoms with Gasteiger partial charge < -0.3 is 35.6 Å². The van der Waals surface area contributed by atoms with Crippen LogP contribution in [0.2, 0.25) is 0 Å². The van der Waals surface area contributed by atoms with Crippen molar-refractivity contribution in [3.63, 3.8) is 0 Å². The number of hydrogen-bond acceptors (Lipinski definition) is 10. The van der Waals surface area contributed by atoms with Gasteiger partial charge in [0.2, 0.25) is 5.91 Å². The van der Waals surface area contributed by atoms with Crippen molar-refractivity contribution >= 4 is 23.3 Å². The molecule has 3 aliphatic carbocycles. The van der Waals surface area contributed by atoms with Gasteiger partial charge in [0, 0.05) is 24.1 Å². The first-order chi connectivity index (χ1) is 19.7. The predicted octanol–water partition coefficient (Wildman–Crippen LogP) is 0.396. The zero-order valence-electron chi connectivity index (χ0n) is 24.3. The lowest BCUT2D eigenvalue weighted by atomic mass is 9.52. The predicted molar refractivity (Wildman–Crippen MR) is 152 cm³/mol. The van der Waals surface area contributed by atoms with Crippen molar-refractivity contribution in [3.05, 3.63) is 47.0 Å². The molecule has 11 nitrogen and oxygen atoms in total. The van der Waals surface area contributed by atoms with E-state index < -0.39 is 64.7 Å². The van der Waals surface area contributed by atoms with Gasteiger partial charge in [-0.25, -0.2) is 0 Å². The Kier molecular flexibility index (Phi) is 7.51. The normalized spacial score (nSPS) is 30.6. The molecule has 0 radical (unpaired) electrons. The molecule has 2 aromatic carbocycles. The van der Waals surface area contributed by atoms with Crippen LogP contribution in [-0.2, 0) is 27.3 Å². The molecule has 7 atom stereocenters. The van der Waals surface area contributed by atoms with Crippen LogP contribution in [-0.4, -0.2) is 101 Å². The fraction of sp³-hybridized carbons (Fsp3) is 0.484. The minimum Gasteiger partial charge on any atom is -0.507 e. The van der Waals surface area contributed by atoms with E-state index in [4.69, 9.17) is 10.5 Å². The lowest BCUT2D eigenvalue weighted by Gasteiger charge is -2.54. The molecular weight excluding hydrogens is 542 g/mol. The van der Waals surface area contributed by atoms with E-state index in [2.05, 4.69) is 0 Å². The van der Waals surface area contributed by atoms with Gasteiger partial charge in [-0.05, 0) is 81.8 Å². The number of aliphatic hydroxyl groups excluding tert-OH is 1. The molecule has 224 valence electrons. The van der Waals surface area contributed by atoms with Crippen molar-refractivity contribution < 1.29 is 39.2 Å². The van der Waals surface area contributed by atoms with Gasteiger partial charge in [-0.2, -0.15) is 0 Å². The van der Waals surface area contributed by atoms with Crippen molar-refractivity contribution in [3.8, 4) is 22.6 Å². The monoisotopic (exact) mass is 579 g/mol. The van der Waals surface area contributed by atoms with Gasteiger partial charge in [-0.15, -0.1) is 0 Å². The number of phenols is 1. The molecule has 5 N–H and O–H groups in total. The number of ketones is 3. The third kappa shape index (κ3) is 4.34. The molecule has 3 aliphatic rings. The van der Waals surface area contributed by atoms with Crippen LogP contribution in [0.4, 0.5) is 0 Å². The van der Waals surface area contributed by atoms with Gasteiger partial charge in [-0.1, -0.05) is 12.1 Å². The maximum absolute atomic E-state index is 14.0. The Morgan fingerprint density at radius 2 is 1.79 bits per heavy atom. The molecule has 0 saturated heterocycles. The molecule has 1 amide bonds. The highest BCUT2D eigenvalue weighted by atomic mass is 16.5. The first-order valence-electron chi connectivity index (χ1n) is 13.9. The summed E-state index contributed by atoms with van der Waals surface area (Å²) in [4.78, 5) is 57.3. The number of rotatable bonds is 6. The zero-order chi connectivity index (χ0) is 30.8. The number of nitrogens with two attached hydrogens (primary N) is 1. The third-order valence-corrected chi connectivity index (χ3v) is 9.25. The molecule has 0 aliphatic heterocycles. The Bertz CT molecular complexity index is 1490. The highest BCUT2D eigenvalue weighted by Gasteiger charge is 2.69. The second-order valence-corrected chi connectivity index (χ2v) is 12.2. The second-order valence-electron chi connectivity index (χ2n) is 12.2. The number of Topliss-reactive ketones (excluding diaryl/α,β-unsaturated/α-hetero) is 3. The van der Waals surface area contributed by atoms with E-state index in [9.17, 15) is 34.5 Å². The van der Waals surface area contributed by atoms with Crippen LogP contribution in [0.1, 0.15) is 27.9 Å². The van der Waals surface area contributed by atoms with Crippen molar-refractivity contribution in [1.82, 2.24) is 9.80 Å². The first kappa shape index (κ1) is 29.8. The summed E-state index contributed by atoms with van der Waals surface area (Å²) >= 11 is 0. The van der Waals surface area contributed by atoms with Crippen molar-refractivity contribution in [1.29, 1.82) is 0 Å². The molecule has 5 rings (SSSR count). The number of ether oxygens (including phenoxy) is 1. The number of benzene rings is 2. The number of methoxy groups -OCH3 is 1. The van der Waals surface area contributed by atoms with E-state index in [-0.39, 0.29) is 24.2 Å². The second kappa shape index (κ2) is 10.6. The number of hydrogen-bond donors (Lipinski definition) is 4. The van der Waals surface area contributed by atoms with Gasteiger partial charge in [0.05, 0.1) is 24.7 Å². The standard InChI is InChI=1S/C31H37N3O8/c1-33(2)13-16-10-14(6-9-21(16)42-5)17-7-8-20(35)23-18(17)11-15-12-19-25(34(3)4)27(37)24(30(32)40)29(39)31(19,41)28(38)22(15)26(23)36/h6-10,15,19,22,24-25,27,35,37,41H,11-13H2,1-5H3,(H2,32,40)/t15-,19-,22?,24?,25-,27?,31-/m1/s1. The Morgan fingerprint density at radius 3 is 2.38 bits per heavy atom. The lowest BCUT2D eigenvalue weighted by molar-refractivity contribution is -0.190. The number of aliphatic hydroxyl groups is 2. The number of primary amides is 1. The SMILES string of the molecule is COc1ccc(-c2ccc(O)c3c2C[C@@H]2C[C@@H]4[C@@H](N(C)C)C(O)C(C(N)=O)C(=O)[C@]4(O)C(=O)C2C3=O)cc1CN(C)C. The van der Waals surface area contributed by atoms with Gasteiger partial charge in [0.25, 0.3) is 0 Å². The summed E-state index contributed by atoms with van der Waals surface area (Å²) in [6.45, 7) is 0.601. The number of aromatic hydroxyl groups is 1. The number of fused-ring (bicyclic) bond motifs is 3. The number of likely N-dealkylation sites (N-methyl/N-ethyl adjacent to an activating group) is 1. The topological polar surface area (TPSA) is 171 Å². The van der Waals surface area contributed by atoms with Crippen LogP contribution >= 0.6 is 0 Å². The van der Waals surface area contributed by atoms with Gasteiger partial charge >= 0.3 is 0 Å². The van der Waals surface area contributed by atoms with Crippen LogP contribution in [0, 0.1) is 23.7 Å². The summed E-state index contributed by atoms with van der Waals surface area (Å²) in [6, 6.07) is 7.86. The molecule has 2 aromatic rings. The number of nitrogens with zero attached hydrogens (tertiary/aromatic N) is 2. The van der Waals surface area contributed by atoms with E-state index >= 15 is 0 Å². The van der Waals surface area contributed by atoms with E-state index in [0.717, 1.165) is 11.1 Å². The number of carbonyl (C=O) groups is 4. The van der Waals surface area contributed by atoms with Crippen LogP contribution in [0.5, 0.6) is 11.5 Å². The fourth-order valence-corrected chi connectivity index (χ4v) is 7.50. The zero-order valence-corrected chi connectivity index (χ0v) is 24.3. The molecule has 0 aromatic heterocycles. The number of phenolic OH excluding ortho intramolecular Hbond substituents is 1. The summed E-state index contributed by atoms with van der Waals surface area (Å²) in [6.07, 6.45) is -1.27. The quantitative estimate of drug-likeness (QED) is 0.351.